The summed E-state index contributed by atoms with van der Waals surface area (Å²) in [5.41, 5.74) is 1.72. The Morgan fingerprint density at radius 3 is 2.33 bits per heavy atom. The van der Waals surface area contributed by atoms with Crippen molar-refractivity contribution in [2.45, 2.75) is 27.7 Å². The van der Waals surface area contributed by atoms with Crippen LogP contribution in [0.3, 0.4) is 0 Å². The second-order valence-corrected chi connectivity index (χ2v) is 3.79. The highest BCUT2D eigenvalue weighted by atomic mass is 16.5. The lowest BCUT2D eigenvalue weighted by Gasteiger charge is -2.00. The molecule has 18 heavy (non-hydrogen) atoms. The number of allylic oxidation sites excluding steroid dienone is 4. The molecule has 0 saturated carbocycles. The van der Waals surface area contributed by atoms with Gasteiger partial charge in [0.05, 0.1) is 6.61 Å². The zero-order valence-corrected chi connectivity index (χ0v) is 11.4. The van der Waals surface area contributed by atoms with E-state index in [-0.39, 0.29) is 18.5 Å². The molecule has 0 aliphatic rings. The molecule has 0 N–H and O–H groups in total. The Hall–Kier alpha value is -1.84. The van der Waals surface area contributed by atoms with Gasteiger partial charge in [0.25, 0.3) is 0 Å². The molecule has 0 rings (SSSR count). The third-order valence-corrected chi connectivity index (χ3v) is 1.88. The van der Waals surface area contributed by atoms with E-state index in [9.17, 15) is 9.59 Å². The number of rotatable bonds is 6. The van der Waals surface area contributed by atoms with Gasteiger partial charge in [-0.1, -0.05) is 18.2 Å². The average Bonchev–Trinajstić information content (AvgIpc) is 2.26. The number of ether oxygens (including phenoxy) is 2. The van der Waals surface area contributed by atoms with Crippen molar-refractivity contribution in [1.29, 1.82) is 0 Å². The fraction of sp³-hybridized carbons (Fsp3) is 0.429. The molecule has 4 heteroatoms. The first-order valence-corrected chi connectivity index (χ1v) is 5.78. The van der Waals surface area contributed by atoms with Gasteiger partial charge >= 0.3 is 11.9 Å². The van der Waals surface area contributed by atoms with Crippen LogP contribution in [-0.2, 0) is 19.1 Å². The fourth-order valence-electron chi connectivity index (χ4n) is 1.05. The van der Waals surface area contributed by atoms with Gasteiger partial charge in [-0.05, 0) is 31.9 Å². The van der Waals surface area contributed by atoms with E-state index in [1.807, 2.05) is 19.9 Å². The molecule has 0 amide bonds. The maximum Gasteiger partial charge on any atom is 0.330 e. The van der Waals surface area contributed by atoms with Crippen LogP contribution in [0.15, 0.2) is 35.5 Å². The van der Waals surface area contributed by atoms with Gasteiger partial charge in [0, 0.05) is 13.0 Å². The molecule has 0 unspecified atom stereocenters. The maximum absolute atomic E-state index is 11.1. The monoisotopic (exact) mass is 252 g/mol. The highest BCUT2D eigenvalue weighted by Gasteiger charge is 1.95. The zero-order valence-electron chi connectivity index (χ0n) is 11.4. The molecular formula is C14H20O4. The Morgan fingerprint density at radius 2 is 1.78 bits per heavy atom. The SMILES string of the molecule is CCOC(=O)/C=C(C)/C=C/C=C(\C)COC(C)=O. The van der Waals surface area contributed by atoms with E-state index in [0.717, 1.165) is 11.1 Å². The number of carbonyl (C=O) groups excluding carboxylic acids is 2. The standard InChI is InChI=1S/C14H20O4/c1-5-17-14(16)9-11(2)7-6-8-12(3)10-18-13(4)15/h6-9H,5,10H2,1-4H3/b7-6+,11-9+,12-8+. The van der Waals surface area contributed by atoms with Crippen molar-refractivity contribution in [1.82, 2.24) is 0 Å². The second-order valence-electron chi connectivity index (χ2n) is 3.79. The molecule has 0 aliphatic heterocycles. The minimum Gasteiger partial charge on any atom is -0.463 e. The first-order chi connectivity index (χ1) is 8.45. The largest absolute Gasteiger partial charge is 0.463 e. The van der Waals surface area contributed by atoms with Crippen molar-refractivity contribution >= 4 is 11.9 Å². The molecule has 0 fully saturated rings. The number of hydrogen-bond acceptors (Lipinski definition) is 4. The van der Waals surface area contributed by atoms with Gasteiger partial charge < -0.3 is 9.47 Å². The van der Waals surface area contributed by atoms with Gasteiger partial charge in [-0.15, -0.1) is 0 Å². The highest BCUT2D eigenvalue weighted by molar-refractivity contribution is 5.83. The first kappa shape index (κ1) is 16.2. The van der Waals surface area contributed by atoms with Crippen LogP contribution in [0.2, 0.25) is 0 Å². The molecule has 0 aliphatic carbocycles. The van der Waals surface area contributed by atoms with Crippen molar-refractivity contribution in [2.75, 3.05) is 13.2 Å². The van der Waals surface area contributed by atoms with Gasteiger partial charge in [-0.25, -0.2) is 4.79 Å². The highest BCUT2D eigenvalue weighted by Crippen LogP contribution is 1.99. The first-order valence-electron chi connectivity index (χ1n) is 5.78. The van der Waals surface area contributed by atoms with Gasteiger partial charge in [-0.2, -0.15) is 0 Å². The number of hydrogen-bond donors (Lipinski definition) is 0. The molecule has 0 bridgehead atoms. The Morgan fingerprint density at radius 1 is 1.11 bits per heavy atom. The summed E-state index contributed by atoms with van der Waals surface area (Å²) < 4.78 is 9.61. The Labute approximate surface area is 108 Å². The van der Waals surface area contributed by atoms with Gasteiger partial charge in [0.15, 0.2) is 0 Å². The fourth-order valence-corrected chi connectivity index (χ4v) is 1.05. The summed E-state index contributed by atoms with van der Waals surface area (Å²) in [6.45, 7) is 7.45. The molecule has 0 saturated heterocycles. The van der Waals surface area contributed by atoms with Crippen molar-refractivity contribution < 1.29 is 19.1 Å². The smallest absolute Gasteiger partial charge is 0.330 e. The van der Waals surface area contributed by atoms with Crippen LogP contribution in [-0.4, -0.2) is 25.2 Å². The van der Waals surface area contributed by atoms with E-state index in [1.165, 1.54) is 13.0 Å². The lowest BCUT2D eigenvalue weighted by molar-refractivity contribution is -0.140. The minimum atomic E-state index is -0.347. The van der Waals surface area contributed by atoms with Gasteiger partial charge in [-0.3, -0.25) is 4.79 Å². The van der Waals surface area contributed by atoms with E-state index in [2.05, 4.69) is 0 Å². The summed E-state index contributed by atoms with van der Waals surface area (Å²) in [5, 5.41) is 0. The second kappa shape index (κ2) is 9.22. The Balaban J connectivity index is 4.25. The number of esters is 2. The van der Waals surface area contributed by atoms with Crippen LogP contribution in [0.1, 0.15) is 27.7 Å². The van der Waals surface area contributed by atoms with Crippen molar-refractivity contribution in [3.8, 4) is 0 Å². The molecule has 100 valence electrons. The van der Waals surface area contributed by atoms with E-state index < -0.39 is 0 Å². The van der Waals surface area contributed by atoms with E-state index in [4.69, 9.17) is 9.47 Å². The molecular weight excluding hydrogens is 232 g/mol. The molecule has 0 aromatic heterocycles. The van der Waals surface area contributed by atoms with Crippen molar-refractivity contribution in [2.24, 2.45) is 0 Å². The van der Waals surface area contributed by atoms with Gasteiger partial charge in [0.1, 0.15) is 6.61 Å². The molecule has 0 atom stereocenters. The molecule has 4 nitrogen and oxygen atoms in total. The predicted molar refractivity (Wildman–Crippen MR) is 69.9 cm³/mol. The predicted octanol–water partition coefficient (Wildman–Crippen LogP) is 2.56. The molecule has 0 aromatic rings. The average molecular weight is 252 g/mol. The van der Waals surface area contributed by atoms with Crippen LogP contribution >= 0.6 is 0 Å². The summed E-state index contributed by atoms with van der Waals surface area (Å²) in [7, 11) is 0. The number of carbonyl (C=O) groups is 2. The quantitative estimate of drug-likeness (QED) is 0.414. The topological polar surface area (TPSA) is 52.6 Å². The Bertz CT molecular complexity index is 375. The van der Waals surface area contributed by atoms with Crippen LogP contribution in [0.5, 0.6) is 0 Å². The summed E-state index contributed by atoms with van der Waals surface area (Å²) in [5.74, 6) is -0.648. The van der Waals surface area contributed by atoms with E-state index in [0.29, 0.717) is 6.61 Å². The van der Waals surface area contributed by atoms with Crippen molar-refractivity contribution in [3.05, 3.63) is 35.5 Å². The van der Waals surface area contributed by atoms with E-state index >= 15 is 0 Å². The Kier molecular flexibility index (Phi) is 8.27. The molecule has 0 aromatic carbocycles. The summed E-state index contributed by atoms with van der Waals surface area (Å²) in [4.78, 5) is 21.7. The normalized spacial score (nSPS) is 12.7. The third kappa shape index (κ3) is 9.39. The molecule has 0 heterocycles. The summed E-state index contributed by atoms with van der Waals surface area (Å²) in [6.07, 6.45) is 6.83. The lowest BCUT2D eigenvalue weighted by Crippen LogP contribution is -2.01. The lowest BCUT2D eigenvalue weighted by atomic mass is 10.2. The summed E-state index contributed by atoms with van der Waals surface area (Å²) >= 11 is 0. The van der Waals surface area contributed by atoms with E-state index in [1.54, 1.807) is 19.1 Å². The molecule has 0 spiro atoms. The van der Waals surface area contributed by atoms with Crippen LogP contribution < -0.4 is 0 Å². The van der Waals surface area contributed by atoms with Crippen LogP contribution in [0, 0.1) is 0 Å². The minimum absolute atomic E-state index is 0.278. The van der Waals surface area contributed by atoms with Gasteiger partial charge in [0.2, 0.25) is 0 Å². The maximum atomic E-state index is 11.1. The molecule has 0 radical (unpaired) electrons. The zero-order chi connectivity index (χ0) is 14.0. The summed E-state index contributed by atoms with van der Waals surface area (Å²) in [6, 6.07) is 0. The third-order valence-electron chi connectivity index (χ3n) is 1.88. The van der Waals surface area contributed by atoms with Crippen molar-refractivity contribution in [3.63, 3.8) is 0 Å². The van der Waals surface area contributed by atoms with Crippen LogP contribution in [0.25, 0.3) is 0 Å². The van der Waals surface area contributed by atoms with Crippen LogP contribution in [0.4, 0.5) is 0 Å².